The van der Waals surface area contributed by atoms with Crippen molar-refractivity contribution >= 4 is 29.1 Å². The number of rotatable bonds is 7. The maximum absolute atomic E-state index is 11.9. The second-order valence-electron chi connectivity index (χ2n) is 6.00. The van der Waals surface area contributed by atoms with Gasteiger partial charge in [0.05, 0.1) is 18.0 Å². The summed E-state index contributed by atoms with van der Waals surface area (Å²) in [4.78, 5) is 23.3. The Kier molecular flexibility index (Phi) is 5.64. The highest BCUT2D eigenvalue weighted by Gasteiger charge is 2.11. The third kappa shape index (κ3) is 3.75. The number of ether oxygens (including phenoxy) is 1. The van der Waals surface area contributed by atoms with Gasteiger partial charge in [0.1, 0.15) is 0 Å². The van der Waals surface area contributed by atoms with Crippen LogP contribution < -0.4 is 0 Å². The molecular weight excluding hydrogens is 326 g/mol. The highest BCUT2D eigenvalue weighted by atomic mass is 16.5. The fourth-order valence-corrected chi connectivity index (χ4v) is 2.89. The van der Waals surface area contributed by atoms with Crippen LogP contribution in [-0.2, 0) is 9.53 Å². The fourth-order valence-electron chi connectivity index (χ4n) is 2.89. The third-order valence-electron chi connectivity index (χ3n) is 4.21. The van der Waals surface area contributed by atoms with Crippen molar-refractivity contribution in [3.63, 3.8) is 0 Å². The average molecular weight is 347 g/mol. The topological polar surface area (TPSA) is 48.3 Å². The van der Waals surface area contributed by atoms with Crippen molar-refractivity contribution in [3.8, 4) is 5.69 Å². The van der Waals surface area contributed by atoms with E-state index >= 15 is 0 Å². The van der Waals surface area contributed by atoms with Gasteiger partial charge in [-0.25, -0.2) is 4.79 Å². The Morgan fingerprint density at radius 1 is 1.12 bits per heavy atom. The van der Waals surface area contributed by atoms with Crippen LogP contribution in [0.4, 0.5) is 0 Å². The molecule has 0 saturated carbocycles. The third-order valence-corrected chi connectivity index (χ3v) is 4.21. The first kappa shape index (κ1) is 17.7. The predicted octanol–water partition coefficient (Wildman–Crippen LogP) is 4.80. The van der Waals surface area contributed by atoms with E-state index in [9.17, 15) is 9.59 Å². The van der Waals surface area contributed by atoms with Gasteiger partial charge < -0.3 is 9.30 Å². The van der Waals surface area contributed by atoms with E-state index in [-0.39, 0.29) is 5.97 Å². The van der Waals surface area contributed by atoms with E-state index in [1.165, 1.54) is 6.08 Å². The molecule has 0 aliphatic rings. The van der Waals surface area contributed by atoms with Crippen LogP contribution >= 0.6 is 0 Å². The highest BCUT2D eigenvalue weighted by Crippen LogP contribution is 2.28. The molecule has 0 radical (unpaired) electrons. The van der Waals surface area contributed by atoms with Gasteiger partial charge in [0.15, 0.2) is 6.29 Å². The summed E-state index contributed by atoms with van der Waals surface area (Å²) in [7, 11) is 0. The molecule has 0 saturated heterocycles. The largest absolute Gasteiger partial charge is 0.463 e. The van der Waals surface area contributed by atoms with E-state index in [1.807, 2.05) is 60.2 Å². The average Bonchev–Trinajstić information content (AvgIpc) is 3.14. The summed E-state index contributed by atoms with van der Waals surface area (Å²) >= 11 is 0. The molecule has 132 valence electrons. The number of aromatic nitrogens is 1. The van der Waals surface area contributed by atoms with Crippen molar-refractivity contribution in [1.82, 2.24) is 4.57 Å². The van der Waals surface area contributed by atoms with Crippen molar-refractivity contribution in [1.29, 1.82) is 0 Å². The summed E-state index contributed by atoms with van der Waals surface area (Å²) in [6.07, 6.45) is 7.69. The first-order valence-electron chi connectivity index (χ1n) is 8.74. The van der Waals surface area contributed by atoms with Gasteiger partial charge >= 0.3 is 5.97 Å². The number of hydrogen-bond acceptors (Lipinski definition) is 3. The standard InChI is InChI=1S/C22H21NO3/c1-2-3-15-26-21(25)13-12-18-11-10-17-7-4-5-9-20(17)22(18)23-14-6-8-19(23)16-24/h4-14,16H,2-3,15H2,1H3/b13-12+. The minimum atomic E-state index is -0.360. The van der Waals surface area contributed by atoms with Crippen molar-refractivity contribution < 1.29 is 14.3 Å². The normalized spacial score (nSPS) is 11.1. The van der Waals surface area contributed by atoms with E-state index < -0.39 is 0 Å². The van der Waals surface area contributed by atoms with Crippen LogP contribution in [0.1, 0.15) is 35.8 Å². The number of carbonyl (C=O) groups is 2. The Bertz CT molecular complexity index is 953. The molecule has 0 bridgehead atoms. The molecule has 0 N–H and O–H groups in total. The van der Waals surface area contributed by atoms with Crippen molar-refractivity contribution in [3.05, 3.63) is 72.1 Å². The van der Waals surface area contributed by atoms with Gasteiger partial charge in [-0.2, -0.15) is 0 Å². The number of fused-ring (bicyclic) bond motifs is 1. The molecule has 0 spiro atoms. The summed E-state index contributed by atoms with van der Waals surface area (Å²) in [5.41, 5.74) is 2.27. The predicted molar refractivity (Wildman–Crippen MR) is 104 cm³/mol. The maximum Gasteiger partial charge on any atom is 0.330 e. The lowest BCUT2D eigenvalue weighted by Gasteiger charge is -2.13. The SMILES string of the molecule is CCCCOC(=O)/C=C/c1ccc2ccccc2c1-n1cccc1C=O. The lowest BCUT2D eigenvalue weighted by Crippen LogP contribution is -2.03. The Balaban J connectivity index is 2.04. The molecular formula is C22H21NO3. The molecule has 0 aliphatic carbocycles. The molecule has 0 atom stereocenters. The number of nitrogens with zero attached hydrogens (tertiary/aromatic N) is 1. The van der Waals surface area contributed by atoms with E-state index in [1.54, 1.807) is 12.1 Å². The van der Waals surface area contributed by atoms with Crippen molar-refractivity contribution in [2.24, 2.45) is 0 Å². The summed E-state index contributed by atoms with van der Waals surface area (Å²) in [6.45, 7) is 2.48. The molecule has 1 heterocycles. The van der Waals surface area contributed by atoms with Gasteiger partial charge in [-0.3, -0.25) is 4.79 Å². The molecule has 0 aliphatic heterocycles. The molecule has 0 unspecified atom stereocenters. The molecule has 1 aromatic heterocycles. The first-order valence-corrected chi connectivity index (χ1v) is 8.74. The lowest BCUT2D eigenvalue weighted by atomic mass is 10.0. The number of esters is 1. The minimum Gasteiger partial charge on any atom is -0.463 e. The van der Waals surface area contributed by atoms with Crippen molar-refractivity contribution in [2.45, 2.75) is 19.8 Å². The summed E-state index contributed by atoms with van der Waals surface area (Å²) in [6, 6.07) is 15.5. The van der Waals surface area contributed by atoms with Crippen LogP contribution in [-0.4, -0.2) is 23.4 Å². The Hall–Kier alpha value is -3.14. The Morgan fingerprint density at radius 2 is 1.96 bits per heavy atom. The van der Waals surface area contributed by atoms with E-state index in [0.29, 0.717) is 12.3 Å². The zero-order chi connectivity index (χ0) is 18.4. The van der Waals surface area contributed by atoms with Gasteiger partial charge in [-0.1, -0.05) is 49.7 Å². The molecule has 3 aromatic rings. The van der Waals surface area contributed by atoms with Gasteiger partial charge in [0.25, 0.3) is 0 Å². The van der Waals surface area contributed by atoms with E-state index in [2.05, 4.69) is 0 Å². The van der Waals surface area contributed by atoms with Crippen LogP contribution in [0.15, 0.2) is 60.8 Å². The first-order chi connectivity index (χ1) is 12.7. The molecule has 0 fully saturated rings. The zero-order valence-corrected chi connectivity index (χ0v) is 14.7. The summed E-state index contributed by atoms with van der Waals surface area (Å²) in [5.74, 6) is -0.360. The van der Waals surface area contributed by atoms with Crippen LogP contribution in [0.5, 0.6) is 0 Å². The maximum atomic E-state index is 11.9. The van der Waals surface area contributed by atoms with E-state index in [4.69, 9.17) is 4.74 Å². The highest BCUT2D eigenvalue weighted by molar-refractivity contribution is 5.96. The molecule has 4 nitrogen and oxygen atoms in total. The number of carbonyl (C=O) groups excluding carboxylic acids is 2. The smallest absolute Gasteiger partial charge is 0.330 e. The fraction of sp³-hybridized carbons (Fsp3) is 0.182. The Labute approximate surface area is 152 Å². The molecule has 4 heteroatoms. The van der Waals surface area contributed by atoms with Crippen LogP contribution in [0, 0.1) is 0 Å². The van der Waals surface area contributed by atoms with Crippen LogP contribution in [0.2, 0.25) is 0 Å². The van der Waals surface area contributed by atoms with E-state index in [0.717, 1.165) is 41.2 Å². The Morgan fingerprint density at radius 3 is 2.77 bits per heavy atom. The van der Waals surface area contributed by atoms with Crippen LogP contribution in [0.3, 0.4) is 0 Å². The molecule has 0 amide bonds. The van der Waals surface area contributed by atoms with Crippen molar-refractivity contribution in [2.75, 3.05) is 6.61 Å². The second kappa shape index (κ2) is 8.30. The second-order valence-corrected chi connectivity index (χ2v) is 6.00. The number of hydrogen-bond donors (Lipinski definition) is 0. The molecule has 3 rings (SSSR count). The van der Waals surface area contributed by atoms with Gasteiger partial charge in [0, 0.05) is 17.7 Å². The quantitative estimate of drug-likeness (QED) is 0.267. The monoisotopic (exact) mass is 347 g/mol. The minimum absolute atomic E-state index is 0.360. The van der Waals surface area contributed by atoms with Gasteiger partial charge in [-0.05, 0) is 35.6 Å². The van der Waals surface area contributed by atoms with Gasteiger partial charge in [-0.15, -0.1) is 0 Å². The van der Waals surface area contributed by atoms with Gasteiger partial charge in [0.2, 0.25) is 0 Å². The number of aldehydes is 1. The van der Waals surface area contributed by atoms with Crippen LogP contribution in [0.25, 0.3) is 22.5 Å². The molecule has 2 aromatic carbocycles. The zero-order valence-electron chi connectivity index (χ0n) is 14.7. The summed E-state index contributed by atoms with van der Waals surface area (Å²) < 4.78 is 7.02. The number of benzene rings is 2. The molecule has 26 heavy (non-hydrogen) atoms. The lowest BCUT2D eigenvalue weighted by molar-refractivity contribution is -0.137. The summed E-state index contributed by atoms with van der Waals surface area (Å²) in [5, 5.41) is 2.07. The number of unbranched alkanes of at least 4 members (excludes halogenated alkanes) is 1.